The van der Waals surface area contributed by atoms with Gasteiger partial charge in [-0.1, -0.05) is 0 Å². The predicted octanol–water partition coefficient (Wildman–Crippen LogP) is 6.61. The van der Waals surface area contributed by atoms with Crippen molar-refractivity contribution in [1.82, 2.24) is 0 Å². The number of ketones is 1. The Hall–Kier alpha value is -0.851. The van der Waals surface area contributed by atoms with Crippen molar-refractivity contribution in [2.24, 2.45) is 29.1 Å². The maximum atomic E-state index is 12.9. The van der Waals surface area contributed by atoms with Crippen LogP contribution < -0.4 is 4.46 Å². The minimum atomic E-state index is 0.0595. The van der Waals surface area contributed by atoms with Crippen LogP contribution in [0.15, 0.2) is 42.5 Å². The summed E-state index contributed by atoms with van der Waals surface area (Å²) in [7, 11) is 0. The van der Waals surface area contributed by atoms with Gasteiger partial charge in [0.25, 0.3) is 0 Å². The molecule has 3 rings (SSSR count). The fourth-order valence-electron chi connectivity index (χ4n) is 5.49. The van der Waals surface area contributed by atoms with E-state index in [-0.39, 0.29) is 5.41 Å². The summed E-state index contributed by atoms with van der Waals surface area (Å²) in [5, 5.41) is 0. The van der Waals surface area contributed by atoms with Gasteiger partial charge in [-0.25, -0.2) is 0 Å². The SMILES string of the molecule is CC(C)[C@@H]1CC[C@@H](C)C[C@H]1/C=C/[C@@]1(C)CCCC([Se]c2ccccc2)CC(=O)C1. The molecule has 2 saturated carbocycles. The molecule has 2 fully saturated rings. The predicted molar refractivity (Wildman–Crippen MR) is 126 cm³/mol. The molecule has 29 heavy (non-hydrogen) atoms. The fraction of sp³-hybridized carbons (Fsp3) is 0.667. The number of carbonyl (C=O) groups excluding carboxylic acids is 1. The second kappa shape index (κ2) is 10.4. The number of Topliss-reactive ketones (excluding diaryl/α,β-unsaturated/α-hetero) is 1. The summed E-state index contributed by atoms with van der Waals surface area (Å²) in [5.41, 5.74) is 0.0595. The molecule has 0 heterocycles. The zero-order valence-corrected chi connectivity index (χ0v) is 20.6. The van der Waals surface area contributed by atoms with E-state index in [1.807, 2.05) is 0 Å². The summed E-state index contributed by atoms with van der Waals surface area (Å²) >= 11 is 0.420. The molecule has 1 unspecified atom stereocenters. The molecule has 0 N–H and O–H groups in total. The molecule has 0 amide bonds. The van der Waals surface area contributed by atoms with Crippen molar-refractivity contribution in [2.45, 2.75) is 83.9 Å². The molecule has 0 aliphatic heterocycles. The Balaban J connectivity index is 1.62. The molecule has 0 saturated heterocycles. The molecular weight excluding hydrogens is 419 g/mol. The third kappa shape index (κ3) is 6.83. The number of allylic oxidation sites excluding steroid dienone is 2. The third-order valence-corrected chi connectivity index (χ3v) is 9.88. The van der Waals surface area contributed by atoms with E-state index >= 15 is 0 Å². The van der Waals surface area contributed by atoms with E-state index in [1.165, 1.54) is 36.6 Å². The first-order chi connectivity index (χ1) is 13.8. The second-order valence-corrected chi connectivity index (χ2v) is 13.3. The van der Waals surface area contributed by atoms with Gasteiger partial charge in [0.15, 0.2) is 0 Å². The van der Waals surface area contributed by atoms with Gasteiger partial charge in [0.2, 0.25) is 0 Å². The molecule has 2 aliphatic rings. The van der Waals surface area contributed by atoms with Gasteiger partial charge in [-0.05, 0) is 0 Å². The van der Waals surface area contributed by atoms with Crippen molar-refractivity contribution >= 4 is 25.2 Å². The molecule has 160 valence electrons. The van der Waals surface area contributed by atoms with Crippen LogP contribution in [0.4, 0.5) is 0 Å². The van der Waals surface area contributed by atoms with E-state index in [2.05, 4.69) is 70.2 Å². The normalized spacial score (nSPS) is 34.3. The van der Waals surface area contributed by atoms with Gasteiger partial charge in [0.05, 0.1) is 0 Å². The molecule has 5 atom stereocenters. The quantitative estimate of drug-likeness (QED) is 0.358. The van der Waals surface area contributed by atoms with Crippen LogP contribution in [0, 0.1) is 29.1 Å². The Morgan fingerprint density at radius 3 is 2.62 bits per heavy atom. The zero-order chi connectivity index (χ0) is 20.9. The van der Waals surface area contributed by atoms with Crippen LogP contribution in [0.25, 0.3) is 0 Å². The van der Waals surface area contributed by atoms with Crippen molar-refractivity contribution in [3.8, 4) is 0 Å². The third-order valence-electron chi connectivity index (χ3n) is 7.20. The van der Waals surface area contributed by atoms with Crippen LogP contribution in [0.5, 0.6) is 0 Å². The van der Waals surface area contributed by atoms with E-state index in [0.717, 1.165) is 37.0 Å². The molecule has 0 spiro atoms. The van der Waals surface area contributed by atoms with Gasteiger partial charge < -0.3 is 0 Å². The Kier molecular flexibility index (Phi) is 8.23. The van der Waals surface area contributed by atoms with Crippen molar-refractivity contribution in [3.63, 3.8) is 0 Å². The van der Waals surface area contributed by atoms with Gasteiger partial charge in [0.1, 0.15) is 0 Å². The van der Waals surface area contributed by atoms with E-state index < -0.39 is 0 Å². The molecule has 2 heteroatoms. The van der Waals surface area contributed by atoms with Crippen molar-refractivity contribution in [2.75, 3.05) is 0 Å². The summed E-state index contributed by atoms with van der Waals surface area (Å²) in [6, 6.07) is 10.8. The summed E-state index contributed by atoms with van der Waals surface area (Å²) in [6.07, 6.45) is 14.2. The molecule has 0 radical (unpaired) electrons. The first-order valence-electron chi connectivity index (χ1n) is 11.8. The standard InChI is InChI=1S/C27H40OSe/c1-20(2)26-13-12-21(3)17-22(26)14-16-27(4)15-8-11-25(18-23(28)19-27)29-24-9-6-5-7-10-24/h5-7,9-10,14,16,20-22,25-26H,8,11-13,15,17-19H2,1-4H3/b16-14+/t21-,22-,25?,26+,27-/m1/s1. The van der Waals surface area contributed by atoms with Crippen LogP contribution in [-0.2, 0) is 4.79 Å². The van der Waals surface area contributed by atoms with E-state index in [0.29, 0.717) is 31.5 Å². The van der Waals surface area contributed by atoms with Crippen molar-refractivity contribution < 1.29 is 4.79 Å². The Bertz CT molecular complexity index is 679. The number of carbonyl (C=O) groups is 1. The fourth-order valence-corrected chi connectivity index (χ4v) is 8.12. The van der Waals surface area contributed by atoms with Crippen LogP contribution in [0.3, 0.4) is 0 Å². The first-order valence-corrected chi connectivity index (χ1v) is 13.6. The number of hydrogen-bond acceptors (Lipinski definition) is 1. The van der Waals surface area contributed by atoms with Crippen LogP contribution >= 0.6 is 0 Å². The average Bonchev–Trinajstić information content (AvgIpc) is 2.66. The molecule has 0 aromatic heterocycles. The monoisotopic (exact) mass is 460 g/mol. The summed E-state index contributed by atoms with van der Waals surface area (Å²) in [4.78, 5) is 13.5. The minimum absolute atomic E-state index is 0.0595. The second-order valence-electron chi connectivity index (χ2n) is 10.4. The van der Waals surface area contributed by atoms with Gasteiger partial charge >= 0.3 is 185 Å². The van der Waals surface area contributed by atoms with Gasteiger partial charge in [0, 0.05) is 0 Å². The molecule has 1 nitrogen and oxygen atoms in total. The molecule has 1 aromatic rings. The first kappa shape index (κ1) is 22.8. The van der Waals surface area contributed by atoms with Crippen molar-refractivity contribution in [1.29, 1.82) is 0 Å². The Morgan fingerprint density at radius 1 is 1.14 bits per heavy atom. The Labute approximate surface area is 185 Å². The van der Waals surface area contributed by atoms with E-state index in [9.17, 15) is 4.79 Å². The number of hydrogen-bond donors (Lipinski definition) is 0. The van der Waals surface area contributed by atoms with Crippen LogP contribution in [0.1, 0.15) is 79.1 Å². The average molecular weight is 460 g/mol. The summed E-state index contributed by atoms with van der Waals surface area (Å²) < 4.78 is 1.44. The summed E-state index contributed by atoms with van der Waals surface area (Å²) in [5.74, 6) is 3.59. The van der Waals surface area contributed by atoms with Gasteiger partial charge in [-0.3, -0.25) is 0 Å². The number of rotatable bonds is 5. The molecular formula is C27H40OSe. The molecule has 2 aliphatic carbocycles. The Morgan fingerprint density at radius 2 is 1.90 bits per heavy atom. The topological polar surface area (TPSA) is 17.1 Å². The maximum absolute atomic E-state index is 12.9. The van der Waals surface area contributed by atoms with E-state index in [4.69, 9.17) is 0 Å². The van der Waals surface area contributed by atoms with Gasteiger partial charge in [-0.15, -0.1) is 0 Å². The van der Waals surface area contributed by atoms with E-state index in [1.54, 1.807) is 0 Å². The van der Waals surface area contributed by atoms with Gasteiger partial charge in [-0.2, -0.15) is 0 Å². The van der Waals surface area contributed by atoms with Crippen LogP contribution in [0.2, 0.25) is 4.82 Å². The summed E-state index contributed by atoms with van der Waals surface area (Å²) in [6.45, 7) is 9.52. The molecule has 0 bridgehead atoms. The van der Waals surface area contributed by atoms with Crippen LogP contribution in [-0.4, -0.2) is 20.7 Å². The number of benzene rings is 1. The van der Waals surface area contributed by atoms with Crippen molar-refractivity contribution in [3.05, 3.63) is 42.5 Å². The molecule has 1 aromatic carbocycles. The zero-order valence-electron chi connectivity index (χ0n) is 18.9.